The van der Waals surface area contributed by atoms with Gasteiger partial charge in [0.05, 0.1) is 0 Å². The zero-order valence-corrected chi connectivity index (χ0v) is 12.4. The van der Waals surface area contributed by atoms with Gasteiger partial charge in [-0.25, -0.2) is 0 Å². The Morgan fingerprint density at radius 2 is 0.900 bits per heavy atom. The number of hydrogen-bond acceptors (Lipinski definition) is 0. The Hall–Kier alpha value is -1.82. The topological polar surface area (TPSA) is 0 Å². The molecule has 0 aliphatic heterocycles. The van der Waals surface area contributed by atoms with E-state index in [1.165, 1.54) is 47.2 Å². The summed E-state index contributed by atoms with van der Waals surface area (Å²) in [6, 6.07) is 17.8. The highest BCUT2D eigenvalue weighted by molar-refractivity contribution is 6.10. The predicted octanol–water partition coefficient (Wildman–Crippen LogP) is 5.90. The molecule has 0 amide bonds. The highest BCUT2D eigenvalue weighted by atomic mass is 14.2. The fourth-order valence-electron chi connectivity index (χ4n) is 3.36. The number of rotatable bonds is 4. The molecule has 0 unspecified atom stereocenters. The molecule has 0 atom stereocenters. The molecule has 0 saturated carbocycles. The van der Waals surface area contributed by atoms with E-state index in [9.17, 15) is 0 Å². The van der Waals surface area contributed by atoms with Crippen molar-refractivity contribution in [1.29, 1.82) is 0 Å². The molecule has 0 heteroatoms. The normalized spacial score (nSPS) is 11.3. The van der Waals surface area contributed by atoms with Crippen LogP contribution in [0.3, 0.4) is 0 Å². The molecular weight excluding hydrogens is 240 g/mol. The first-order chi connectivity index (χ1) is 9.86. The second-order valence-corrected chi connectivity index (χ2v) is 5.55. The van der Waals surface area contributed by atoms with Crippen LogP contribution in [-0.4, -0.2) is 0 Å². The molecule has 0 fully saturated rings. The Kier molecular flexibility index (Phi) is 3.73. The molecule has 0 N–H and O–H groups in total. The zero-order valence-electron chi connectivity index (χ0n) is 12.4. The summed E-state index contributed by atoms with van der Waals surface area (Å²) in [5.41, 5.74) is 3.15. The quantitative estimate of drug-likeness (QED) is 0.514. The molecular formula is C20H22. The lowest BCUT2D eigenvalue weighted by atomic mass is 9.88. The molecule has 0 spiro atoms. The van der Waals surface area contributed by atoms with Gasteiger partial charge in [-0.15, -0.1) is 0 Å². The zero-order chi connectivity index (χ0) is 13.9. The fraction of sp³-hybridized carbons (Fsp3) is 0.300. The van der Waals surface area contributed by atoms with E-state index in [4.69, 9.17) is 0 Å². The van der Waals surface area contributed by atoms with E-state index in [1.807, 2.05) is 0 Å². The second-order valence-electron chi connectivity index (χ2n) is 5.55. The molecule has 102 valence electrons. The fourth-order valence-corrected chi connectivity index (χ4v) is 3.36. The molecule has 20 heavy (non-hydrogen) atoms. The van der Waals surface area contributed by atoms with Crippen molar-refractivity contribution in [1.82, 2.24) is 0 Å². The molecule has 3 aromatic carbocycles. The van der Waals surface area contributed by atoms with Crippen LogP contribution < -0.4 is 0 Å². The van der Waals surface area contributed by atoms with E-state index in [0.29, 0.717) is 0 Å². The summed E-state index contributed by atoms with van der Waals surface area (Å²) >= 11 is 0. The molecule has 0 aliphatic rings. The van der Waals surface area contributed by atoms with Gasteiger partial charge in [0.2, 0.25) is 0 Å². The van der Waals surface area contributed by atoms with E-state index >= 15 is 0 Å². The largest absolute Gasteiger partial charge is 0.0651 e. The highest BCUT2D eigenvalue weighted by Crippen LogP contribution is 2.34. The molecule has 0 nitrogen and oxygen atoms in total. The summed E-state index contributed by atoms with van der Waals surface area (Å²) in [6.07, 6.45) is 4.78. The van der Waals surface area contributed by atoms with Gasteiger partial charge in [-0.2, -0.15) is 0 Å². The number of fused-ring (bicyclic) bond motifs is 3. The second kappa shape index (κ2) is 5.66. The van der Waals surface area contributed by atoms with Gasteiger partial charge in [0.15, 0.2) is 0 Å². The smallest absolute Gasteiger partial charge is 0.0102 e. The van der Waals surface area contributed by atoms with Crippen molar-refractivity contribution in [3.8, 4) is 0 Å². The van der Waals surface area contributed by atoms with Crippen molar-refractivity contribution < 1.29 is 0 Å². The van der Waals surface area contributed by atoms with E-state index in [1.54, 1.807) is 11.1 Å². The lowest BCUT2D eigenvalue weighted by molar-refractivity contribution is 0.874. The average molecular weight is 262 g/mol. The van der Waals surface area contributed by atoms with Crippen LogP contribution in [0.2, 0.25) is 0 Å². The maximum Gasteiger partial charge on any atom is -0.0102 e. The van der Waals surface area contributed by atoms with Gasteiger partial charge in [-0.1, -0.05) is 75.2 Å². The molecule has 0 radical (unpaired) electrons. The van der Waals surface area contributed by atoms with Gasteiger partial charge >= 0.3 is 0 Å². The monoisotopic (exact) mass is 262 g/mol. The van der Waals surface area contributed by atoms with Crippen LogP contribution >= 0.6 is 0 Å². The van der Waals surface area contributed by atoms with Crippen LogP contribution in [0.15, 0.2) is 48.5 Å². The third-order valence-electron chi connectivity index (χ3n) is 4.16. The van der Waals surface area contributed by atoms with Crippen LogP contribution in [0.5, 0.6) is 0 Å². The van der Waals surface area contributed by atoms with Crippen LogP contribution in [0.1, 0.15) is 37.8 Å². The first kappa shape index (κ1) is 13.2. The SMILES string of the molecule is CCCc1c(CCC)c2ccccc2c2ccccc12. The summed E-state index contributed by atoms with van der Waals surface area (Å²) in [4.78, 5) is 0. The van der Waals surface area contributed by atoms with Crippen molar-refractivity contribution in [2.45, 2.75) is 39.5 Å². The summed E-state index contributed by atoms with van der Waals surface area (Å²) in [5, 5.41) is 5.73. The Morgan fingerprint density at radius 3 is 1.25 bits per heavy atom. The number of hydrogen-bond donors (Lipinski definition) is 0. The standard InChI is InChI=1S/C20H22/c1-3-9-15-16(10-4-2)18-12-6-8-14-20(18)19-13-7-5-11-17(15)19/h5-8,11-14H,3-4,9-10H2,1-2H3. The van der Waals surface area contributed by atoms with Gasteiger partial charge in [0.25, 0.3) is 0 Å². The highest BCUT2D eigenvalue weighted by Gasteiger charge is 2.12. The Labute approximate surface area is 121 Å². The summed E-state index contributed by atoms with van der Waals surface area (Å²) in [7, 11) is 0. The molecule has 0 aliphatic carbocycles. The van der Waals surface area contributed by atoms with E-state index in [0.717, 1.165) is 0 Å². The van der Waals surface area contributed by atoms with Gasteiger partial charge in [-0.3, -0.25) is 0 Å². The van der Waals surface area contributed by atoms with E-state index in [-0.39, 0.29) is 0 Å². The van der Waals surface area contributed by atoms with Crippen molar-refractivity contribution in [2.75, 3.05) is 0 Å². The van der Waals surface area contributed by atoms with Crippen molar-refractivity contribution in [3.05, 3.63) is 59.7 Å². The van der Waals surface area contributed by atoms with Crippen molar-refractivity contribution in [2.24, 2.45) is 0 Å². The molecule has 3 rings (SSSR count). The van der Waals surface area contributed by atoms with Crippen LogP contribution in [0.25, 0.3) is 21.5 Å². The van der Waals surface area contributed by atoms with Gasteiger partial charge in [0, 0.05) is 0 Å². The van der Waals surface area contributed by atoms with Gasteiger partial charge < -0.3 is 0 Å². The Balaban J connectivity index is 2.47. The average Bonchev–Trinajstić information content (AvgIpc) is 2.51. The Morgan fingerprint density at radius 1 is 0.550 bits per heavy atom. The summed E-state index contributed by atoms with van der Waals surface area (Å²) in [6.45, 7) is 4.55. The molecule has 0 saturated heterocycles. The minimum Gasteiger partial charge on any atom is -0.0651 e. The third-order valence-corrected chi connectivity index (χ3v) is 4.16. The van der Waals surface area contributed by atoms with Gasteiger partial charge in [-0.05, 0) is 45.5 Å². The molecule has 0 aromatic heterocycles. The molecule has 0 heterocycles. The minimum absolute atomic E-state index is 1.18. The summed E-state index contributed by atoms with van der Waals surface area (Å²) in [5.74, 6) is 0. The lowest BCUT2D eigenvalue weighted by Gasteiger charge is -2.16. The molecule has 0 bridgehead atoms. The minimum atomic E-state index is 1.18. The number of aryl methyl sites for hydroxylation is 2. The van der Waals surface area contributed by atoms with E-state index < -0.39 is 0 Å². The first-order valence-corrected chi connectivity index (χ1v) is 7.78. The third kappa shape index (κ3) is 2.10. The van der Waals surface area contributed by atoms with E-state index in [2.05, 4.69) is 62.4 Å². The van der Waals surface area contributed by atoms with Crippen LogP contribution in [0, 0.1) is 0 Å². The summed E-state index contributed by atoms with van der Waals surface area (Å²) < 4.78 is 0. The Bertz CT molecular complexity index is 673. The predicted molar refractivity (Wildman–Crippen MR) is 89.4 cm³/mol. The van der Waals surface area contributed by atoms with Crippen molar-refractivity contribution >= 4 is 21.5 Å². The maximum absolute atomic E-state index is 2.30. The molecule has 3 aromatic rings. The van der Waals surface area contributed by atoms with Crippen molar-refractivity contribution in [3.63, 3.8) is 0 Å². The lowest BCUT2D eigenvalue weighted by Crippen LogP contribution is -1.98. The van der Waals surface area contributed by atoms with Gasteiger partial charge in [0.1, 0.15) is 0 Å². The van der Waals surface area contributed by atoms with Crippen LogP contribution in [0.4, 0.5) is 0 Å². The first-order valence-electron chi connectivity index (χ1n) is 7.78. The van der Waals surface area contributed by atoms with Crippen LogP contribution in [-0.2, 0) is 12.8 Å². The maximum atomic E-state index is 2.30. The number of benzene rings is 3.